The minimum absolute atomic E-state index is 0.121. The van der Waals surface area contributed by atoms with Crippen LogP contribution in [0.1, 0.15) is 45.0 Å². The van der Waals surface area contributed by atoms with Gasteiger partial charge < -0.3 is 5.11 Å². The second-order valence-electron chi connectivity index (χ2n) is 5.51. The van der Waals surface area contributed by atoms with Gasteiger partial charge >= 0.3 is 5.97 Å². The van der Waals surface area contributed by atoms with Crippen molar-refractivity contribution in [3.63, 3.8) is 0 Å². The molecule has 0 saturated heterocycles. The first-order valence-corrected chi connectivity index (χ1v) is 7.86. The summed E-state index contributed by atoms with van der Waals surface area (Å²) in [4.78, 5) is 14.9. The van der Waals surface area contributed by atoms with Crippen LogP contribution in [0.4, 0.5) is 0 Å². The molecule has 6 nitrogen and oxygen atoms in total. The topological polar surface area (TPSA) is 85.1 Å². The predicted octanol–water partition coefficient (Wildman–Crippen LogP) is 1.36. The Labute approximate surface area is 114 Å². The van der Waals surface area contributed by atoms with Gasteiger partial charge in [0.05, 0.1) is 12.2 Å². The third kappa shape index (κ3) is 3.62. The number of nitrogens with zero attached hydrogens (tertiary/aromatic N) is 3. The highest BCUT2D eigenvalue weighted by molar-refractivity contribution is 7.84. The van der Waals surface area contributed by atoms with Gasteiger partial charge in [0.25, 0.3) is 0 Å². The Hall–Kier alpha value is -1.24. The smallest absolute Gasteiger partial charge is 0.303 e. The van der Waals surface area contributed by atoms with Gasteiger partial charge in [-0.25, -0.2) is 9.67 Å². The number of hydrogen-bond donors (Lipinski definition) is 1. The zero-order valence-electron chi connectivity index (χ0n) is 11.2. The van der Waals surface area contributed by atoms with E-state index in [9.17, 15) is 9.00 Å². The van der Waals surface area contributed by atoms with Crippen molar-refractivity contribution in [2.45, 2.75) is 44.9 Å². The minimum Gasteiger partial charge on any atom is -0.481 e. The van der Waals surface area contributed by atoms with Crippen LogP contribution in [0.5, 0.6) is 0 Å². The summed E-state index contributed by atoms with van der Waals surface area (Å²) in [6.45, 7) is 3.99. The Morgan fingerprint density at radius 1 is 1.58 bits per heavy atom. The predicted molar refractivity (Wildman–Crippen MR) is 71.0 cm³/mol. The Morgan fingerprint density at radius 2 is 2.26 bits per heavy atom. The summed E-state index contributed by atoms with van der Waals surface area (Å²) < 4.78 is 13.9. The highest BCUT2D eigenvalue weighted by Gasteiger charge is 2.45. The summed E-state index contributed by atoms with van der Waals surface area (Å²) in [6, 6.07) is 0.184. The summed E-state index contributed by atoms with van der Waals surface area (Å²) in [5.41, 5.74) is -0.237. The van der Waals surface area contributed by atoms with Crippen LogP contribution in [0, 0.1) is 5.41 Å². The summed E-state index contributed by atoms with van der Waals surface area (Å²) in [5.74, 6) is 0.698. The van der Waals surface area contributed by atoms with Gasteiger partial charge in [-0.3, -0.25) is 9.00 Å². The molecule has 1 atom stereocenters. The van der Waals surface area contributed by atoms with Crippen LogP contribution in [-0.4, -0.2) is 35.8 Å². The van der Waals surface area contributed by atoms with E-state index in [2.05, 4.69) is 10.1 Å². The van der Waals surface area contributed by atoms with Crippen LogP contribution in [0.3, 0.4) is 0 Å². The standard InChI is InChI=1S/C12H19N3O3S/c1-9(2)15-10(13-8-14-15)6-19(18)7-12(3-4-12)5-11(16)17/h8-9H,3-7H2,1-2H3,(H,16,17). The first-order chi connectivity index (χ1) is 8.92. The fraction of sp³-hybridized carbons (Fsp3) is 0.750. The van der Waals surface area contributed by atoms with Crippen molar-refractivity contribution in [2.24, 2.45) is 5.41 Å². The number of aliphatic carboxylic acids is 1. The molecule has 0 aliphatic heterocycles. The SMILES string of the molecule is CC(C)n1ncnc1CS(=O)CC1(CC(=O)O)CC1. The molecule has 1 fully saturated rings. The minimum atomic E-state index is -1.09. The molecular formula is C12H19N3O3S. The second-order valence-corrected chi connectivity index (χ2v) is 6.97. The Balaban J connectivity index is 1.95. The van der Waals surface area contributed by atoms with Crippen molar-refractivity contribution in [3.05, 3.63) is 12.2 Å². The maximum absolute atomic E-state index is 12.2. The third-order valence-corrected chi connectivity index (χ3v) is 4.89. The van der Waals surface area contributed by atoms with Crippen molar-refractivity contribution in [1.29, 1.82) is 0 Å². The lowest BCUT2D eigenvalue weighted by Crippen LogP contribution is -2.19. The van der Waals surface area contributed by atoms with Crippen molar-refractivity contribution in [2.75, 3.05) is 5.75 Å². The highest BCUT2D eigenvalue weighted by Crippen LogP contribution is 2.49. The van der Waals surface area contributed by atoms with Crippen molar-refractivity contribution in [3.8, 4) is 0 Å². The van der Waals surface area contributed by atoms with Crippen LogP contribution < -0.4 is 0 Å². The molecule has 0 aromatic carbocycles. The number of aromatic nitrogens is 3. The number of carboxylic acid groups (broad SMARTS) is 1. The summed E-state index contributed by atoms with van der Waals surface area (Å²) in [6.07, 6.45) is 3.32. The van der Waals surface area contributed by atoms with Crippen LogP contribution in [-0.2, 0) is 21.3 Å². The maximum Gasteiger partial charge on any atom is 0.303 e. The largest absolute Gasteiger partial charge is 0.481 e. The molecule has 1 N–H and O–H groups in total. The van der Waals surface area contributed by atoms with Gasteiger partial charge in [0.15, 0.2) is 0 Å². The zero-order valence-corrected chi connectivity index (χ0v) is 12.0. The molecule has 1 aromatic rings. The molecule has 1 aromatic heterocycles. The Morgan fingerprint density at radius 3 is 2.79 bits per heavy atom. The van der Waals surface area contributed by atoms with Gasteiger partial charge in [0.2, 0.25) is 0 Å². The molecule has 0 spiro atoms. The van der Waals surface area contributed by atoms with Gasteiger partial charge in [0, 0.05) is 22.6 Å². The number of hydrogen-bond acceptors (Lipinski definition) is 4. The van der Waals surface area contributed by atoms with E-state index >= 15 is 0 Å². The van der Waals surface area contributed by atoms with E-state index < -0.39 is 16.8 Å². The van der Waals surface area contributed by atoms with E-state index in [1.165, 1.54) is 6.33 Å². The van der Waals surface area contributed by atoms with Crippen molar-refractivity contribution in [1.82, 2.24) is 14.8 Å². The Kier molecular flexibility index (Phi) is 4.03. The molecule has 1 aliphatic carbocycles. The molecule has 1 unspecified atom stereocenters. The lowest BCUT2D eigenvalue weighted by atomic mass is 10.1. The second kappa shape index (κ2) is 5.40. The average molecular weight is 285 g/mol. The molecule has 0 radical (unpaired) electrons. The molecule has 1 aliphatic rings. The monoisotopic (exact) mass is 285 g/mol. The number of carboxylic acids is 1. The normalized spacial score (nSPS) is 18.5. The third-order valence-electron chi connectivity index (χ3n) is 3.38. The molecule has 0 bridgehead atoms. The molecule has 1 heterocycles. The van der Waals surface area contributed by atoms with Crippen molar-refractivity contribution < 1.29 is 14.1 Å². The molecule has 0 amide bonds. The fourth-order valence-electron chi connectivity index (χ4n) is 2.21. The molecule has 7 heteroatoms. The molecular weight excluding hydrogens is 266 g/mol. The van der Waals surface area contributed by atoms with Gasteiger partial charge in [-0.05, 0) is 32.1 Å². The summed E-state index contributed by atoms with van der Waals surface area (Å²) in [5, 5.41) is 13.0. The highest BCUT2D eigenvalue weighted by atomic mass is 32.2. The Bertz CT molecular complexity index is 494. The van der Waals surface area contributed by atoms with Gasteiger partial charge in [-0.1, -0.05) is 0 Å². The quantitative estimate of drug-likeness (QED) is 0.817. The van der Waals surface area contributed by atoms with Crippen LogP contribution in [0.25, 0.3) is 0 Å². The fourth-order valence-corrected chi connectivity index (χ4v) is 3.89. The van der Waals surface area contributed by atoms with Crippen LogP contribution in [0.2, 0.25) is 0 Å². The van der Waals surface area contributed by atoms with E-state index in [0.717, 1.165) is 12.8 Å². The summed E-state index contributed by atoms with van der Waals surface area (Å²) in [7, 11) is -1.09. The van der Waals surface area contributed by atoms with E-state index in [1.807, 2.05) is 13.8 Å². The first kappa shape index (κ1) is 14.2. The zero-order chi connectivity index (χ0) is 14.0. The average Bonchev–Trinajstić information content (AvgIpc) is 2.86. The van der Waals surface area contributed by atoms with Gasteiger partial charge in [-0.2, -0.15) is 5.10 Å². The lowest BCUT2D eigenvalue weighted by molar-refractivity contribution is -0.138. The van der Waals surface area contributed by atoms with Crippen molar-refractivity contribution >= 4 is 16.8 Å². The van der Waals surface area contributed by atoms with Crippen LogP contribution in [0.15, 0.2) is 6.33 Å². The number of rotatable bonds is 7. The maximum atomic E-state index is 12.2. The molecule has 2 rings (SSSR count). The molecule has 1 saturated carbocycles. The van der Waals surface area contributed by atoms with Gasteiger partial charge in [0.1, 0.15) is 12.2 Å². The summed E-state index contributed by atoms with van der Waals surface area (Å²) >= 11 is 0. The van der Waals surface area contributed by atoms with Crippen LogP contribution >= 0.6 is 0 Å². The molecule has 19 heavy (non-hydrogen) atoms. The van der Waals surface area contributed by atoms with Gasteiger partial charge in [-0.15, -0.1) is 0 Å². The first-order valence-electron chi connectivity index (χ1n) is 6.37. The van der Waals surface area contributed by atoms with E-state index in [0.29, 0.717) is 17.3 Å². The number of carbonyl (C=O) groups is 1. The van der Waals surface area contributed by atoms with E-state index in [4.69, 9.17) is 5.11 Å². The van der Waals surface area contributed by atoms with E-state index in [1.54, 1.807) is 4.68 Å². The molecule has 106 valence electrons. The lowest BCUT2D eigenvalue weighted by Gasteiger charge is -2.13. The van der Waals surface area contributed by atoms with E-state index in [-0.39, 0.29) is 17.9 Å².